The van der Waals surface area contributed by atoms with E-state index in [2.05, 4.69) is 15.3 Å². The molecule has 2 aromatic rings. The molecule has 0 radical (unpaired) electrons. The van der Waals surface area contributed by atoms with Crippen LogP contribution in [-0.2, 0) is 6.42 Å². The van der Waals surface area contributed by atoms with Crippen LogP contribution in [-0.4, -0.2) is 24.1 Å². The second-order valence-electron chi connectivity index (χ2n) is 5.03. The van der Waals surface area contributed by atoms with E-state index in [1.54, 1.807) is 19.5 Å². The predicted octanol–water partition coefficient (Wildman–Crippen LogP) is 2.74. The highest BCUT2D eigenvalue weighted by Gasteiger charge is 2.16. The quantitative estimate of drug-likeness (QED) is 0.919. The molecule has 0 fully saturated rings. The lowest BCUT2D eigenvalue weighted by Gasteiger charge is -2.18. The number of ether oxygens (including phenoxy) is 1. The number of halogens is 1. The van der Waals surface area contributed by atoms with Crippen LogP contribution in [0.5, 0.6) is 5.75 Å². The van der Waals surface area contributed by atoms with Gasteiger partial charge in [0, 0.05) is 41.7 Å². The van der Waals surface area contributed by atoms with E-state index < -0.39 is 0 Å². The molecule has 2 heterocycles. The zero-order valence-electron chi connectivity index (χ0n) is 12.8. The molecule has 0 saturated carbocycles. The average Bonchev–Trinajstić information content (AvgIpc) is 2.47. The van der Waals surface area contributed by atoms with Crippen LogP contribution in [0, 0.1) is 19.7 Å². The normalized spacial score (nSPS) is 12.2. The summed E-state index contributed by atoms with van der Waals surface area (Å²) < 4.78 is 18.8. The second kappa shape index (κ2) is 6.63. The van der Waals surface area contributed by atoms with Crippen LogP contribution in [0.4, 0.5) is 4.39 Å². The van der Waals surface area contributed by atoms with E-state index in [9.17, 15) is 4.39 Å². The Morgan fingerprint density at radius 3 is 2.67 bits per heavy atom. The van der Waals surface area contributed by atoms with E-state index in [1.807, 2.05) is 20.9 Å². The molecule has 0 amide bonds. The standard InChI is InChI=1S/C16H20FN3O/c1-10-7-20-14(11(2)16(10)21-4)6-15(18-3)12-5-13(17)9-19-8-12/h5,7-9,15,18H,6H2,1-4H3. The summed E-state index contributed by atoms with van der Waals surface area (Å²) in [5.74, 6) is 0.520. The van der Waals surface area contributed by atoms with Gasteiger partial charge in [-0.1, -0.05) is 0 Å². The van der Waals surface area contributed by atoms with Gasteiger partial charge in [0.15, 0.2) is 0 Å². The summed E-state index contributed by atoms with van der Waals surface area (Å²) in [6, 6.07) is 1.45. The lowest BCUT2D eigenvalue weighted by Crippen LogP contribution is -2.20. The number of nitrogens with zero attached hydrogens (tertiary/aromatic N) is 2. The van der Waals surface area contributed by atoms with Gasteiger partial charge in [-0.15, -0.1) is 0 Å². The third-order valence-corrected chi connectivity index (χ3v) is 3.62. The minimum Gasteiger partial charge on any atom is -0.496 e. The highest BCUT2D eigenvalue weighted by Crippen LogP contribution is 2.27. The number of hydrogen-bond donors (Lipinski definition) is 1. The molecule has 0 aliphatic rings. The zero-order valence-corrected chi connectivity index (χ0v) is 12.8. The maximum Gasteiger partial charge on any atom is 0.141 e. The van der Waals surface area contributed by atoms with Gasteiger partial charge in [0.05, 0.1) is 13.3 Å². The van der Waals surface area contributed by atoms with Crippen LogP contribution < -0.4 is 10.1 Å². The summed E-state index contributed by atoms with van der Waals surface area (Å²) in [6.45, 7) is 3.96. The summed E-state index contributed by atoms with van der Waals surface area (Å²) >= 11 is 0. The van der Waals surface area contributed by atoms with Gasteiger partial charge in [-0.05, 0) is 32.5 Å². The molecule has 2 rings (SSSR count). The second-order valence-corrected chi connectivity index (χ2v) is 5.03. The summed E-state index contributed by atoms with van der Waals surface area (Å²) in [5.41, 5.74) is 3.76. The number of aromatic nitrogens is 2. The lowest BCUT2D eigenvalue weighted by atomic mass is 10.00. The zero-order chi connectivity index (χ0) is 15.4. The Balaban J connectivity index is 2.31. The first kappa shape index (κ1) is 15.4. The van der Waals surface area contributed by atoms with Crippen molar-refractivity contribution < 1.29 is 9.13 Å². The Morgan fingerprint density at radius 2 is 2.05 bits per heavy atom. The Morgan fingerprint density at radius 1 is 1.29 bits per heavy atom. The van der Waals surface area contributed by atoms with Crippen molar-refractivity contribution in [3.63, 3.8) is 0 Å². The fourth-order valence-electron chi connectivity index (χ4n) is 2.48. The van der Waals surface area contributed by atoms with Crippen LogP contribution in [0.1, 0.15) is 28.4 Å². The summed E-state index contributed by atoms with van der Waals surface area (Å²) in [7, 11) is 3.50. The molecule has 2 aromatic heterocycles. The maximum absolute atomic E-state index is 13.3. The highest BCUT2D eigenvalue weighted by atomic mass is 19.1. The molecule has 0 spiro atoms. The number of aryl methyl sites for hydroxylation is 1. The summed E-state index contributed by atoms with van der Waals surface area (Å²) in [5, 5.41) is 3.19. The third-order valence-electron chi connectivity index (χ3n) is 3.62. The maximum atomic E-state index is 13.3. The Kier molecular flexibility index (Phi) is 4.85. The molecule has 5 heteroatoms. The molecule has 0 aliphatic carbocycles. The third kappa shape index (κ3) is 3.36. The van der Waals surface area contributed by atoms with Gasteiger partial charge < -0.3 is 10.1 Å². The number of nitrogens with one attached hydrogen (secondary N) is 1. The van der Waals surface area contributed by atoms with E-state index >= 15 is 0 Å². The molecule has 0 aliphatic heterocycles. The Bertz CT molecular complexity index is 631. The molecule has 1 N–H and O–H groups in total. The van der Waals surface area contributed by atoms with Crippen molar-refractivity contribution >= 4 is 0 Å². The van der Waals surface area contributed by atoms with Crippen LogP contribution >= 0.6 is 0 Å². The smallest absolute Gasteiger partial charge is 0.141 e. The minimum atomic E-state index is -0.334. The molecule has 1 atom stereocenters. The predicted molar refractivity (Wildman–Crippen MR) is 80.0 cm³/mol. The van der Waals surface area contributed by atoms with Gasteiger partial charge in [-0.3, -0.25) is 9.97 Å². The molecular weight excluding hydrogens is 269 g/mol. The van der Waals surface area contributed by atoms with E-state index in [1.165, 1.54) is 12.3 Å². The van der Waals surface area contributed by atoms with Gasteiger partial charge in [0.1, 0.15) is 11.6 Å². The number of hydrogen-bond acceptors (Lipinski definition) is 4. The van der Waals surface area contributed by atoms with Crippen molar-refractivity contribution in [3.8, 4) is 5.75 Å². The van der Waals surface area contributed by atoms with Crippen LogP contribution in [0.3, 0.4) is 0 Å². The van der Waals surface area contributed by atoms with Gasteiger partial charge in [-0.25, -0.2) is 4.39 Å². The minimum absolute atomic E-state index is 0.0492. The lowest BCUT2D eigenvalue weighted by molar-refractivity contribution is 0.406. The molecular formula is C16H20FN3O. The summed E-state index contributed by atoms with van der Waals surface area (Å²) in [4.78, 5) is 8.39. The Labute approximate surface area is 124 Å². The fraction of sp³-hybridized carbons (Fsp3) is 0.375. The first-order valence-electron chi connectivity index (χ1n) is 6.83. The molecule has 0 bridgehead atoms. The van der Waals surface area contributed by atoms with Crippen LogP contribution in [0.2, 0.25) is 0 Å². The van der Waals surface area contributed by atoms with E-state index in [4.69, 9.17) is 4.74 Å². The monoisotopic (exact) mass is 289 g/mol. The number of methoxy groups -OCH3 is 1. The van der Waals surface area contributed by atoms with Crippen molar-refractivity contribution in [2.24, 2.45) is 0 Å². The highest BCUT2D eigenvalue weighted by molar-refractivity contribution is 5.41. The van der Waals surface area contributed by atoms with Crippen LogP contribution in [0.15, 0.2) is 24.7 Å². The molecule has 21 heavy (non-hydrogen) atoms. The van der Waals surface area contributed by atoms with E-state index in [0.717, 1.165) is 28.1 Å². The molecule has 0 aromatic carbocycles. The SMILES string of the molecule is CNC(Cc1ncc(C)c(OC)c1C)c1cncc(F)c1. The van der Waals surface area contributed by atoms with Crippen molar-refractivity contribution in [2.75, 3.05) is 14.2 Å². The summed E-state index contributed by atoms with van der Waals surface area (Å²) in [6.07, 6.45) is 5.32. The molecule has 4 nitrogen and oxygen atoms in total. The van der Waals surface area contributed by atoms with Crippen molar-refractivity contribution in [3.05, 3.63) is 52.9 Å². The molecule has 1 unspecified atom stereocenters. The first-order chi connectivity index (χ1) is 10.1. The largest absolute Gasteiger partial charge is 0.496 e. The number of likely N-dealkylation sites (N-methyl/N-ethyl adjacent to an activating group) is 1. The van der Waals surface area contributed by atoms with Crippen molar-refractivity contribution in [2.45, 2.75) is 26.3 Å². The number of pyridine rings is 2. The van der Waals surface area contributed by atoms with Gasteiger partial charge >= 0.3 is 0 Å². The average molecular weight is 289 g/mol. The van der Waals surface area contributed by atoms with E-state index in [0.29, 0.717) is 6.42 Å². The van der Waals surface area contributed by atoms with Gasteiger partial charge in [-0.2, -0.15) is 0 Å². The Hall–Kier alpha value is -2.01. The van der Waals surface area contributed by atoms with Crippen LogP contribution in [0.25, 0.3) is 0 Å². The van der Waals surface area contributed by atoms with Gasteiger partial charge in [0.2, 0.25) is 0 Å². The van der Waals surface area contributed by atoms with Crippen molar-refractivity contribution in [1.29, 1.82) is 0 Å². The van der Waals surface area contributed by atoms with Crippen molar-refractivity contribution in [1.82, 2.24) is 15.3 Å². The van der Waals surface area contributed by atoms with E-state index in [-0.39, 0.29) is 11.9 Å². The fourth-order valence-corrected chi connectivity index (χ4v) is 2.48. The molecule has 112 valence electrons. The topological polar surface area (TPSA) is 47.0 Å². The first-order valence-corrected chi connectivity index (χ1v) is 6.83. The number of rotatable bonds is 5. The molecule has 0 saturated heterocycles. The van der Waals surface area contributed by atoms with Gasteiger partial charge in [0.25, 0.3) is 0 Å².